The number of benzene rings is 2. The predicted octanol–water partition coefficient (Wildman–Crippen LogP) is 2.39. The van der Waals surface area contributed by atoms with E-state index < -0.39 is 0 Å². The van der Waals surface area contributed by atoms with Crippen LogP contribution in [0, 0.1) is 3.57 Å². The summed E-state index contributed by atoms with van der Waals surface area (Å²) < 4.78 is 1.92. The Morgan fingerprint density at radius 2 is 1.81 bits per heavy atom. The Morgan fingerprint density at radius 3 is 2.62 bits per heavy atom. The molecule has 1 aromatic heterocycles. The molecule has 2 aromatic carbocycles. The number of fused-ring (bicyclic) bond motifs is 1. The molecule has 1 N–H and O–H groups in total. The summed E-state index contributed by atoms with van der Waals surface area (Å²) in [6.07, 6.45) is 1.32. The summed E-state index contributed by atoms with van der Waals surface area (Å²) in [5, 5.41) is 0.461. The highest BCUT2D eigenvalue weighted by molar-refractivity contribution is 14.1. The summed E-state index contributed by atoms with van der Waals surface area (Å²) in [5.41, 5.74) is 3.36. The van der Waals surface area contributed by atoms with Crippen LogP contribution in [0.4, 0.5) is 0 Å². The fourth-order valence-corrected chi connectivity index (χ4v) is 2.60. The van der Waals surface area contributed by atoms with E-state index in [4.69, 9.17) is 0 Å². The minimum absolute atomic E-state index is 0.306. The molecule has 0 fully saturated rings. The molecule has 6 heteroatoms. The molecule has 0 bridgehead atoms. The summed E-state index contributed by atoms with van der Waals surface area (Å²) in [7, 11) is 0. The van der Waals surface area contributed by atoms with Gasteiger partial charge in [0.25, 0.3) is 11.5 Å². The quantitative estimate of drug-likeness (QED) is 0.683. The number of nitrogens with zero attached hydrogens (tertiary/aromatic N) is 2. The van der Waals surface area contributed by atoms with Gasteiger partial charge in [0.15, 0.2) is 0 Å². The van der Waals surface area contributed by atoms with E-state index in [0.29, 0.717) is 16.5 Å². The zero-order chi connectivity index (χ0) is 14.8. The molecule has 1 amide bonds. The first-order valence-electron chi connectivity index (χ1n) is 6.19. The summed E-state index contributed by atoms with van der Waals surface area (Å²) >= 11 is 2.08. The van der Waals surface area contributed by atoms with Gasteiger partial charge < -0.3 is 0 Å². The molecule has 3 aromatic rings. The molecule has 1 heterocycles. The second kappa shape index (κ2) is 5.65. The van der Waals surface area contributed by atoms with E-state index in [0.717, 1.165) is 8.25 Å². The maximum absolute atomic E-state index is 12.3. The van der Waals surface area contributed by atoms with Crippen molar-refractivity contribution >= 4 is 39.4 Å². The first-order chi connectivity index (χ1) is 10.2. The molecule has 21 heavy (non-hydrogen) atoms. The van der Waals surface area contributed by atoms with E-state index >= 15 is 0 Å². The zero-order valence-corrected chi connectivity index (χ0v) is 12.9. The summed E-state index contributed by atoms with van der Waals surface area (Å²) in [4.78, 5) is 28.7. The maximum atomic E-state index is 12.3. The molecule has 0 unspecified atom stereocenters. The second-order valence-corrected chi connectivity index (χ2v) is 5.52. The van der Waals surface area contributed by atoms with Crippen LogP contribution in [0.5, 0.6) is 0 Å². The summed E-state index contributed by atoms with van der Waals surface area (Å²) in [6.45, 7) is 0. The van der Waals surface area contributed by atoms with E-state index in [2.05, 4.69) is 33.0 Å². The van der Waals surface area contributed by atoms with Gasteiger partial charge >= 0.3 is 0 Å². The molecular formula is C15H10IN3O2. The van der Waals surface area contributed by atoms with Crippen LogP contribution in [0.2, 0.25) is 0 Å². The first-order valence-corrected chi connectivity index (χ1v) is 7.27. The lowest BCUT2D eigenvalue weighted by molar-refractivity contribution is 0.101. The van der Waals surface area contributed by atoms with Crippen molar-refractivity contribution < 1.29 is 4.79 Å². The highest BCUT2D eigenvalue weighted by Gasteiger charge is 2.11. The fourth-order valence-electron chi connectivity index (χ4n) is 1.96. The Morgan fingerprint density at radius 1 is 1.10 bits per heavy atom. The predicted molar refractivity (Wildman–Crippen MR) is 88.9 cm³/mol. The second-order valence-electron chi connectivity index (χ2n) is 4.36. The van der Waals surface area contributed by atoms with E-state index in [1.165, 1.54) is 6.33 Å². The van der Waals surface area contributed by atoms with Crippen molar-refractivity contribution in [1.82, 2.24) is 9.66 Å². The maximum Gasteiger partial charge on any atom is 0.280 e. The Labute approximate surface area is 133 Å². The number of aromatic nitrogens is 2. The van der Waals surface area contributed by atoms with Crippen molar-refractivity contribution in [2.24, 2.45) is 0 Å². The molecule has 104 valence electrons. The largest absolute Gasteiger partial charge is 0.280 e. The minimum atomic E-state index is -0.348. The lowest BCUT2D eigenvalue weighted by Crippen LogP contribution is -2.33. The standard InChI is InChI=1S/C15H10IN3O2/c16-12-7-3-1-5-10(12)14(20)18-19-9-17-13-8-4-2-6-11(13)15(19)21/h1-9H,(H,18,20). The third kappa shape index (κ3) is 2.66. The Kier molecular flexibility index (Phi) is 3.70. The van der Waals surface area contributed by atoms with E-state index in [1.54, 1.807) is 30.3 Å². The van der Waals surface area contributed by atoms with Gasteiger partial charge in [0.2, 0.25) is 0 Å². The molecule has 0 saturated heterocycles. The highest BCUT2D eigenvalue weighted by Crippen LogP contribution is 2.11. The lowest BCUT2D eigenvalue weighted by Gasteiger charge is -2.09. The fraction of sp³-hybridized carbons (Fsp3) is 0. The van der Waals surface area contributed by atoms with Gasteiger partial charge in [0.05, 0.1) is 16.5 Å². The molecule has 0 radical (unpaired) electrons. The summed E-state index contributed by atoms with van der Waals surface area (Å²) in [6, 6.07) is 14.2. The van der Waals surface area contributed by atoms with Gasteiger partial charge in [-0.15, -0.1) is 0 Å². The van der Waals surface area contributed by atoms with Crippen LogP contribution in [0.3, 0.4) is 0 Å². The van der Waals surface area contributed by atoms with Crippen molar-refractivity contribution in [2.45, 2.75) is 0 Å². The third-order valence-electron chi connectivity index (χ3n) is 3.01. The molecule has 0 aliphatic heterocycles. The Balaban J connectivity index is 1.99. The number of hydrogen-bond acceptors (Lipinski definition) is 3. The monoisotopic (exact) mass is 391 g/mol. The van der Waals surface area contributed by atoms with Crippen LogP contribution in [0.15, 0.2) is 59.7 Å². The van der Waals surface area contributed by atoms with Gasteiger partial charge in [-0.2, -0.15) is 0 Å². The molecule has 3 rings (SSSR count). The SMILES string of the molecule is O=C(Nn1cnc2ccccc2c1=O)c1ccccc1I. The number of rotatable bonds is 2. The van der Waals surface area contributed by atoms with Gasteiger partial charge in [-0.25, -0.2) is 9.66 Å². The molecule has 0 saturated carbocycles. The molecule has 0 aliphatic rings. The van der Waals surface area contributed by atoms with Crippen molar-refractivity contribution in [3.63, 3.8) is 0 Å². The first kappa shape index (κ1) is 13.7. The topological polar surface area (TPSA) is 64.0 Å². The molecule has 0 spiro atoms. The number of halogens is 1. The van der Waals surface area contributed by atoms with Gasteiger partial charge in [0, 0.05) is 3.57 Å². The smallest absolute Gasteiger partial charge is 0.267 e. The lowest BCUT2D eigenvalue weighted by atomic mass is 10.2. The molecular weight excluding hydrogens is 381 g/mol. The van der Waals surface area contributed by atoms with Crippen LogP contribution >= 0.6 is 22.6 Å². The highest BCUT2D eigenvalue weighted by atomic mass is 127. The van der Waals surface area contributed by atoms with E-state index in [9.17, 15) is 9.59 Å². The third-order valence-corrected chi connectivity index (χ3v) is 3.95. The van der Waals surface area contributed by atoms with Gasteiger partial charge in [-0.1, -0.05) is 24.3 Å². The molecule has 0 aliphatic carbocycles. The molecule has 0 atom stereocenters. The number of carbonyl (C=O) groups is 1. The summed E-state index contributed by atoms with van der Waals surface area (Å²) in [5.74, 6) is -0.348. The Bertz CT molecular complexity index is 889. The van der Waals surface area contributed by atoms with E-state index in [1.807, 2.05) is 18.2 Å². The average molecular weight is 391 g/mol. The van der Waals surface area contributed by atoms with Crippen LogP contribution in [0.25, 0.3) is 10.9 Å². The van der Waals surface area contributed by atoms with Crippen LogP contribution in [-0.2, 0) is 0 Å². The number of nitrogens with one attached hydrogen (secondary N) is 1. The van der Waals surface area contributed by atoms with Crippen LogP contribution < -0.4 is 11.0 Å². The Hall–Kier alpha value is -2.22. The van der Waals surface area contributed by atoms with Crippen LogP contribution in [-0.4, -0.2) is 15.6 Å². The number of carbonyl (C=O) groups excluding carboxylic acids is 1. The van der Waals surface area contributed by atoms with Gasteiger partial charge in [-0.05, 0) is 46.9 Å². The minimum Gasteiger partial charge on any atom is -0.267 e. The van der Waals surface area contributed by atoms with Crippen molar-refractivity contribution in [2.75, 3.05) is 5.43 Å². The van der Waals surface area contributed by atoms with Crippen molar-refractivity contribution in [1.29, 1.82) is 0 Å². The number of hydrogen-bond donors (Lipinski definition) is 1. The number of amides is 1. The van der Waals surface area contributed by atoms with Crippen molar-refractivity contribution in [3.05, 3.63) is 74.3 Å². The normalized spacial score (nSPS) is 10.5. The average Bonchev–Trinajstić information content (AvgIpc) is 2.51. The molecule has 5 nitrogen and oxygen atoms in total. The zero-order valence-electron chi connectivity index (χ0n) is 10.8. The van der Waals surface area contributed by atoms with E-state index in [-0.39, 0.29) is 11.5 Å². The van der Waals surface area contributed by atoms with Crippen LogP contribution in [0.1, 0.15) is 10.4 Å². The van der Waals surface area contributed by atoms with Gasteiger partial charge in [0.1, 0.15) is 6.33 Å². The number of para-hydroxylation sites is 1. The van der Waals surface area contributed by atoms with Crippen molar-refractivity contribution in [3.8, 4) is 0 Å². The van der Waals surface area contributed by atoms with Gasteiger partial charge in [-0.3, -0.25) is 15.0 Å².